The summed E-state index contributed by atoms with van der Waals surface area (Å²) in [6, 6.07) is 48.9. The molecule has 0 fully saturated rings. The second-order valence-electron chi connectivity index (χ2n) is 17.9. The van der Waals surface area contributed by atoms with Crippen LogP contribution in [0.3, 0.4) is 0 Å². The molecule has 0 bridgehead atoms. The van der Waals surface area contributed by atoms with Crippen LogP contribution in [0.15, 0.2) is 156 Å². The van der Waals surface area contributed by atoms with Crippen molar-refractivity contribution >= 4 is 65.8 Å². The number of ether oxygens (including phenoxy) is 1. The van der Waals surface area contributed by atoms with Crippen molar-refractivity contribution in [2.75, 3.05) is 0 Å². The molecule has 0 aliphatic rings. The van der Waals surface area contributed by atoms with Crippen molar-refractivity contribution in [3.05, 3.63) is 163 Å². The van der Waals surface area contributed by atoms with Crippen LogP contribution >= 0.6 is 0 Å². The van der Waals surface area contributed by atoms with Crippen molar-refractivity contribution in [3.63, 3.8) is 0 Å². The maximum atomic E-state index is 8.68. The number of rotatable bonds is 5. The van der Waals surface area contributed by atoms with Crippen LogP contribution in [0.25, 0.3) is 83.1 Å². The van der Waals surface area contributed by atoms with E-state index in [-0.39, 0.29) is 16.8 Å². The zero-order chi connectivity index (χ0) is 43.6. The maximum Gasteiger partial charge on any atom is 0.255 e. The van der Waals surface area contributed by atoms with Crippen LogP contribution in [0.2, 0.25) is 0 Å². The monoisotopic (exact) mass is 787 g/mol. The van der Waals surface area contributed by atoms with E-state index >= 15 is 0 Å². The number of aromatic nitrogens is 5. The van der Waals surface area contributed by atoms with E-state index in [4.69, 9.17) is 18.3 Å². The fraction of sp³-hybridized carbons (Fsp3) is 0.170. The van der Waals surface area contributed by atoms with Gasteiger partial charge in [0.2, 0.25) is 5.95 Å². The lowest BCUT2D eigenvalue weighted by molar-refractivity contribution is -0.567. The average Bonchev–Trinajstić information content (AvgIpc) is 4.01. The second kappa shape index (κ2) is 12.9. The van der Waals surface area contributed by atoms with Crippen LogP contribution in [0.1, 0.15) is 56.8 Å². The Morgan fingerprint density at radius 3 is 2.13 bits per heavy atom. The number of imidazole rings is 2. The Morgan fingerprint density at radius 1 is 0.617 bits per heavy atom. The summed E-state index contributed by atoms with van der Waals surface area (Å²) < 4.78 is 47.1. The summed E-state index contributed by atoms with van der Waals surface area (Å²) in [7, 11) is 0. The smallest absolute Gasteiger partial charge is 0.255 e. The van der Waals surface area contributed by atoms with Gasteiger partial charge in [-0.1, -0.05) is 96.1 Å². The van der Waals surface area contributed by atoms with Crippen molar-refractivity contribution in [2.24, 2.45) is 6.98 Å². The van der Waals surface area contributed by atoms with Crippen molar-refractivity contribution in [1.82, 2.24) is 18.7 Å². The Morgan fingerprint density at radius 2 is 1.33 bits per heavy atom. The zero-order valence-electron chi connectivity index (χ0n) is 37.5. The van der Waals surface area contributed by atoms with Gasteiger partial charge in [0.1, 0.15) is 34.0 Å². The Hall–Kier alpha value is -7.12. The average molecular weight is 788 g/mol. The number of furan rings is 1. The molecule has 60 heavy (non-hydrogen) atoms. The van der Waals surface area contributed by atoms with Gasteiger partial charge in [-0.3, -0.25) is 4.57 Å². The van der Waals surface area contributed by atoms with Crippen LogP contribution < -0.4 is 9.30 Å². The molecule has 0 spiro atoms. The Kier molecular flexibility index (Phi) is 7.07. The molecule has 294 valence electrons. The summed E-state index contributed by atoms with van der Waals surface area (Å²) in [5.41, 5.74) is 10.9. The van der Waals surface area contributed by atoms with Crippen molar-refractivity contribution < 1.29 is 17.8 Å². The van der Waals surface area contributed by atoms with Gasteiger partial charge in [0.15, 0.2) is 11.0 Å². The standard InChI is InChI=1S/C53H46N5O2/c1-52(2,3)33-27-34(53(4,5)6)29-36(28-33)57-32-56(44-20-11-12-21-45(44)57)35-15-14-16-37(30-35)59-38-23-24-41-47(31-38)58(51-54-42-18-9-10-19-43(42)55(51)7)46-26-25-40-39-17-8-13-22-48(39)60-50(40)49(41)46/h8-32H,1-7H3/q+1/i7D3. The number of hydrogen-bond donors (Lipinski definition) is 0. The van der Waals surface area contributed by atoms with Crippen molar-refractivity contribution in [3.8, 4) is 28.8 Å². The number of hydrogen-bond acceptors (Lipinski definition) is 3. The molecule has 0 aliphatic carbocycles. The molecule has 0 saturated heterocycles. The van der Waals surface area contributed by atoms with Gasteiger partial charge in [0.05, 0.1) is 27.5 Å². The lowest BCUT2D eigenvalue weighted by Crippen LogP contribution is -2.31. The van der Waals surface area contributed by atoms with E-state index in [2.05, 4.69) is 118 Å². The summed E-state index contributed by atoms with van der Waals surface area (Å²) >= 11 is 0. The molecule has 0 amide bonds. The van der Waals surface area contributed by atoms with E-state index in [1.807, 2.05) is 83.4 Å². The van der Waals surface area contributed by atoms with Gasteiger partial charge < -0.3 is 13.7 Å². The molecular formula is C53H46N5O2+. The van der Waals surface area contributed by atoms with Gasteiger partial charge in [-0.25, -0.2) is 4.98 Å². The number of benzene rings is 7. The predicted octanol–water partition coefficient (Wildman–Crippen LogP) is 13.2. The SMILES string of the molecule is [2H]C([2H])([2H])n1c(-n2c3cc(Oc4cccc(-n5c[n+](-c6cc(C(C)(C)C)cc(C(C)(C)C)c6)c6ccccc65)c4)ccc3c3c4oc5ccccc5c4ccc32)nc2ccccc21. The minimum atomic E-state index is -2.52. The molecule has 0 saturated carbocycles. The fourth-order valence-electron chi connectivity index (χ4n) is 8.68. The van der Waals surface area contributed by atoms with Gasteiger partial charge in [0.25, 0.3) is 6.33 Å². The summed E-state index contributed by atoms with van der Waals surface area (Å²) in [5, 5.41) is 3.74. The molecule has 4 heterocycles. The van der Waals surface area contributed by atoms with Crippen molar-refractivity contribution in [1.29, 1.82) is 0 Å². The minimum absolute atomic E-state index is 0.0257. The first-order chi connectivity index (χ1) is 30.1. The summed E-state index contributed by atoms with van der Waals surface area (Å²) in [4.78, 5) is 4.98. The van der Waals surface area contributed by atoms with Crippen LogP contribution in [0.5, 0.6) is 11.5 Å². The highest BCUT2D eigenvalue weighted by Gasteiger charge is 2.26. The maximum absolute atomic E-state index is 8.68. The molecule has 7 heteroatoms. The Bertz CT molecular complexity index is 3600. The molecule has 11 aromatic rings. The molecule has 11 rings (SSSR count). The zero-order valence-corrected chi connectivity index (χ0v) is 34.5. The van der Waals surface area contributed by atoms with Gasteiger partial charge in [-0.2, -0.15) is 9.13 Å². The van der Waals surface area contributed by atoms with E-state index < -0.39 is 6.98 Å². The Labute approximate surface area is 352 Å². The first-order valence-corrected chi connectivity index (χ1v) is 20.5. The number of para-hydroxylation sites is 5. The van der Waals surface area contributed by atoms with Gasteiger partial charge in [-0.15, -0.1) is 0 Å². The first kappa shape index (κ1) is 32.8. The minimum Gasteiger partial charge on any atom is -0.457 e. The van der Waals surface area contributed by atoms with E-state index in [0.717, 1.165) is 66.2 Å². The third-order valence-electron chi connectivity index (χ3n) is 11.9. The van der Waals surface area contributed by atoms with E-state index in [9.17, 15) is 0 Å². The van der Waals surface area contributed by atoms with Crippen LogP contribution in [-0.2, 0) is 17.8 Å². The molecule has 0 N–H and O–H groups in total. The van der Waals surface area contributed by atoms with E-state index in [1.165, 1.54) is 15.7 Å². The molecule has 0 radical (unpaired) electrons. The molecular weight excluding hydrogens is 739 g/mol. The third-order valence-corrected chi connectivity index (χ3v) is 11.9. The molecule has 0 unspecified atom stereocenters. The topological polar surface area (TPSA) is 53.9 Å². The highest BCUT2D eigenvalue weighted by Crippen LogP contribution is 2.42. The number of fused-ring (bicyclic) bond motifs is 9. The molecule has 7 aromatic carbocycles. The predicted molar refractivity (Wildman–Crippen MR) is 245 cm³/mol. The van der Waals surface area contributed by atoms with E-state index in [1.54, 1.807) is 6.07 Å². The summed E-state index contributed by atoms with van der Waals surface area (Å²) in [5.74, 6) is 1.52. The second-order valence-corrected chi connectivity index (χ2v) is 17.9. The van der Waals surface area contributed by atoms with Crippen LogP contribution in [0.4, 0.5) is 0 Å². The lowest BCUT2D eigenvalue weighted by Gasteiger charge is -2.25. The van der Waals surface area contributed by atoms with Crippen LogP contribution in [0, 0.1) is 0 Å². The quantitative estimate of drug-likeness (QED) is 0.163. The largest absolute Gasteiger partial charge is 0.457 e. The highest BCUT2D eigenvalue weighted by atomic mass is 16.5. The number of nitrogens with zero attached hydrogens (tertiary/aromatic N) is 5. The molecule has 7 nitrogen and oxygen atoms in total. The van der Waals surface area contributed by atoms with Gasteiger partial charge in [-0.05, 0) is 101 Å². The molecule has 0 aliphatic heterocycles. The van der Waals surface area contributed by atoms with Gasteiger partial charge >= 0.3 is 0 Å². The molecule has 0 atom stereocenters. The van der Waals surface area contributed by atoms with E-state index in [0.29, 0.717) is 22.5 Å². The normalized spacial score (nSPS) is 13.5. The summed E-state index contributed by atoms with van der Waals surface area (Å²) in [6.07, 6.45) is 2.16. The fourth-order valence-corrected chi connectivity index (χ4v) is 8.68. The van der Waals surface area contributed by atoms with Crippen molar-refractivity contribution in [2.45, 2.75) is 52.4 Å². The first-order valence-electron chi connectivity index (χ1n) is 22.0. The lowest BCUT2D eigenvalue weighted by atomic mass is 9.80. The highest BCUT2D eigenvalue weighted by molar-refractivity contribution is 6.24. The molecule has 4 aromatic heterocycles. The third kappa shape index (κ3) is 5.64. The van der Waals surface area contributed by atoms with Crippen LogP contribution in [-0.4, -0.2) is 18.7 Å². The van der Waals surface area contributed by atoms with Gasteiger partial charge in [0, 0.05) is 39.4 Å². The number of aryl methyl sites for hydroxylation is 1. The summed E-state index contributed by atoms with van der Waals surface area (Å²) in [6.45, 7) is 11.1. The Balaban J connectivity index is 1.07.